The van der Waals surface area contributed by atoms with Gasteiger partial charge < -0.3 is 5.32 Å². The summed E-state index contributed by atoms with van der Waals surface area (Å²) in [7, 11) is 1.99. The van der Waals surface area contributed by atoms with Crippen molar-refractivity contribution in [3.8, 4) is 0 Å². The number of nitrogens with one attached hydrogen (secondary N) is 1. The third kappa shape index (κ3) is 2.74. The highest BCUT2D eigenvalue weighted by molar-refractivity contribution is 7.99. The van der Waals surface area contributed by atoms with Crippen LogP contribution >= 0.6 is 23.1 Å². The van der Waals surface area contributed by atoms with Crippen molar-refractivity contribution in [1.82, 2.24) is 10.3 Å². The predicted molar refractivity (Wildman–Crippen MR) is 68.6 cm³/mol. The van der Waals surface area contributed by atoms with Crippen LogP contribution in [0.4, 0.5) is 0 Å². The molecular formula is C11H18N2S2. The lowest BCUT2D eigenvalue weighted by molar-refractivity contribution is 0.629. The first-order valence-corrected chi connectivity index (χ1v) is 7.48. The van der Waals surface area contributed by atoms with Gasteiger partial charge >= 0.3 is 0 Å². The van der Waals surface area contributed by atoms with Gasteiger partial charge in [0.2, 0.25) is 0 Å². The fourth-order valence-corrected chi connectivity index (χ4v) is 4.21. The van der Waals surface area contributed by atoms with Crippen molar-refractivity contribution >= 4 is 23.1 Å². The monoisotopic (exact) mass is 242 g/mol. The van der Waals surface area contributed by atoms with Gasteiger partial charge in [0.25, 0.3) is 0 Å². The Labute approximate surface area is 99.9 Å². The molecule has 1 fully saturated rings. The summed E-state index contributed by atoms with van der Waals surface area (Å²) in [5.41, 5.74) is 1.20. The normalized spacial score (nSPS) is 24.0. The topological polar surface area (TPSA) is 24.9 Å². The second kappa shape index (κ2) is 5.32. The van der Waals surface area contributed by atoms with Gasteiger partial charge in [0.05, 0.1) is 10.9 Å². The van der Waals surface area contributed by atoms with Crippen LogP contribution in [0, 0.1) is 0 Å². The summed E-state index contributed by atoms with van der Waals surface area (Å²) in [5, 5.41) is 7.43. The lowest BCUT2D eigenvalue weighted by atomic mass is 10.2. The molecule has 1 aliphatic rings. The van der Waals surface area contributed by atoms with Gasteiger partial charge in [-0.15, -0.1) is 11.3 Å². The molecule has 0 spiro atoms. The minimum atomic E-state index is 0.378. The van der Waals surface area contributed by atoms with Crippen LogP contribution in [-0.2, 0) is 0 Å². The molecule has 0 bridgehead atoms. The Balaban J connectivity index is 2.05. The van der Waals surface area contributed by atoms with Gasteiger partial charge in [0, 0.05) is 11.4 Å². The highest BCUT2D eigenvalue weighted by atomic mass is 32.2. The van der Waals surface area contributed by atoms with Crippen molar-refractivity contribution in [3.63, 3.8) is 0 Å². The molecule has 0 radical (unpaired) electrons. The van der Waals surface area contributed by atoms with Crippen LogP contribution in [0.25, 0.3) is 0 Å². The highest BCUT2D eigenvalue weighted by Crippen LogP contribution is 2.39. The van der Waals surface area contributed by atoms with Crippen molar-refractivity contribution in [2.24, 2.45) is 0 Å². The van der Waals surface area contributed by atoms with Crippen molar-refractivity contribution in [2.75, 3.05) is 12.8 Å². The van der Waals surface area contributed by atoms with E-state index in [-0.39, 0.29) is 0 Å². The third-order valence-electron chi connectivity index (χ3n) is 2.87. The molecule has 2 unspecified atom stereocenters. The van der Waals surface area contributed by atoms with E-state index in [4.69, 9.17) is 4.98 Å². The van der Waals surface area contributed by atoms with Crippen LogP contribution in [0.2, 0.25) is 0 Å². The Morgan fingerprint density at radius 2 is 2.40 bits per heavy atom. The number of hydrogen-bond acceptors (Lipinski definition) is 4. The summed E-state index contributed by atoms with van der Waals surface area (Å²) < 4.78 is 0. The molecule has 1 aliphatic heterocycles. The lowest BCUT2D eigenvalue weighted by Crippen LogP contribution is -2.12. The SMILES string of the molecule is CNC(C)c1csc(C2CCCCS2)n1. The minimum Gasteiger partial charge on any atom is -0.312 e. The maximum atomic E-state index is 4.74. The molecule has 15 heavy (non-hydrogen) atoms. The fourth-order valence-electron chi connectivity index (χ4n) is 1.73. The Bertz CT molecular complexity index is 305. The largest absolute Gasteiger partial charge is 0.312 e. The number of rotatable bonds is 3. The van der Waals surface area contributed by atoms with E-state index in [2.05, 4.69) is 29.4 Å². The summed E-state index contributed by atoms with van der Waals surface area (Å²) in [6.45, 7) is 2.16. The molecule has 0 saturated carbocycles. The Kier molecular flexibility index (Phi) is 4.05. The molecule has 2 nitrogen and oxygen atoms in total. The standard InChI is InChI=1S/C11H18N2S2/c1-8(12-2)9-7-15-11(13-9)10-5-3-4-6-14-10/h7-8,10,12H,3-6H2,1-2H3. The second-order valence-electron chi connectivity index (χ2n) is 3.98. The molecule has 2 rings (SSSR count). The smallest absolute Gasteiger partial charge is 0.106 e. The van der Waals surface area contributed by atoms with Crippen molar-refractivity contribution in [3.05, 3.63) is 16.1 Å². The average Bonchev–Trinajstić information content (AvgIpc) is 2.78. The van der Waals surface area contributed by atoms with Crippen LogP contribution < -0.4 is 5.32 Å². The van der Waals surface area contributed by atoms with Gasteiger partial charge in [-0.2, -0.15) is 11.8 Å². The number of hydrogen-bond donors (Lipinski definition) is 1. The summed E-state index contributed by atoms with van der Waals surface area (Å²) >= 11 is 3.90. The van der Waals surface area contributed by atoms with E-state index in [0.29, 0.717) is 11.3 Å². The van der Waals surface area contributed by atoms with Crippen LogP contribution in [0.3, 0.4) is 0 Å². The van der Waals surface area contributed by atoms with Crippen molar-refractivity contribution < 1.29 is 0 Å². The predicted octanol–water partition coefficient (Wildman–Crippen LogP) is 3.38. The van der Waals surface area contributed by atoms with Crippen LogP contribution in [0.1, 0.15) is 48.2 Å². The molecule has 4 heteroatoms. The summed E-state index contributed by atoms with van der Waals surface area (Å²) in [6, 6.07) is 0.378. The molecule has 0 aromatic carbocycles. The zero-order valence-corrected chi connectivity index (χ0v) is 11.0. The van der Waals surface area contributed by atoms with Gasteiger partial charge in [0.15, 0.2) is 0 Å². The maximum absolute atomic E-state index is 4.74. The van der Waals surface area contributed by atoms with Crippen LogP contribution in [0.5, 0.6) is 0 Å². The second-order valence-corrected chi connectivity index (χ2v) is 6.18. The Hall–Kier alpha value is -0.0600. The molecule has 2 heterocycles. The first-order chi connectivity index (χ1) is 7.31. The van der Waals surface area contributed by atoms with Crippen LogP contribution in [0.15, 0.2) is 5.38 Å². The van der Waals surface area contributed by atoms with E-state index in [0.717, 1.165) is 0 Å². The average molecular weight is 242 g/mol. The molecule has 0 amide bonds. The zero-order valence-electron chi connectivity index (χ0n) is 9.32. The summed E-state index contributed by atoms with van der Waals surface area (Å²) in [5.74, 6) is 1.31. The first-order valence-electron chi connectivity index (χ1n) is 5.55. The molecule has 84 valence electrons. The van der Waals surface area contributed by atoms with Crippen LogP contribution in [-0.4, -0.2) is 17.8 Å². The number of thioether (sulfide) groups is 1. The van der Waals surface area contributed by atoms with E-state index >= 15 is 0 Å². The molecule has 0 aliphatic carbocycles. The first kappa shape index (κ1) is 11.4. The van der Waals surface area contributed by atoms with E-state index in [1.807, 2.05) is 18.4 Å². The Morgan fingerprint density at radius 3 is 3.07 bits per heavy atom. The quantitative estimate of drug-likeness (QED) is 0.879. The van der Waals surface area contributed by atoms with Gasteiger partial charge in [-0.25, -0.2) is 4.98 Å². The van der Waals surface area contributed by atoms with E-state index < -0.39 is 0 Å². The van der Waals surface area contributed by atoms with Crippen molar-refractivity contribution in [1.29, 1.82) is 0 Å². The minimum absolute atomic E-state index is 0.378. The third-order valence-corrected chi connectivity index (χ3v) is 5.38. The molecule has 1 N–H and O–H groups in total. The molecule has 1 saturated heterocycles. The fraction of sp³-hybridized carbons (Fsp3) is 0.727. The number of nitrogens with zero attached hydrogens (tertiary/aromatic N) is 1. The van der Waals surface area contributed by atoms with Gasteiger partial charge in [-0.05, 0) is 32.6 Å². The molecule has 1 aromatic rings. The van der Waals surface area contributed by atoms with E-state index in [9.17, 15) is 0 Å². The number of aromatic nitrogens is 1. The Morgan fingerprint density at radius 1 is 1.53 bits per heavy atom. The summed E-state index contributed by atoms with van der Waals surface area (Å²) in [6.07, 6.45) is 4.06. The maximum Gasteiger partial charge on any atom is 0.106 e. The summed E-state index contributed by atoms with van der Waals surface area (Å²) in [4.78, 5) is 4.74. The molecule has 1 aromatic heterocycles. The van der Waals surface area contributed by atoms with E-state index in [1.54, 1.807) is 0 Å². The lowest BCUT2D eigenvalue weighted by Gasteiger charge is -2.18. The number of thiazole rings is 1. The van der Waals surface area contributed by atoms with Gasteiger partial charge in [0.1, 0.15) is 5.01 Å². The van der Waals surface area contributed by atoms with E-state index in [1.165, 1.54) is 35.7 Å². The highest BCUT2D eigenvalue weighted by Gasteiger charge is 2.20. The molecule has 2 atom stereocenters. The van der Waals surface area contributed by atoms with Gasteiger partial charge in [-0.3, -0.25) is 0 Å². The zero-order chi connectivity index (χ0) is 10.7. The van der Waals surface area contributed by atoms with Gasteiger partial charge in [-0.1, -0.05) is 6.42 Å². The molecular weight excluding hydrogens is 224 g/mol. The van der Waals surface area contributed by atoms with Crippen molar-refractivity contribution in [2.45, 2.75) is 37.5 Å².